The average Bonchev–Trinajstić information content (AvgIpc) is 2.51. The number of carboxylic acids is 1. The second kappa shape index (κ2) is 9.06. The first kappa shape index (κ1) is 18.9. The van der Waals surface area contributed by atoms with Crippen LogP contribution in [0.5, 0.6) is 0 Å². The molecule has 0 fully saturated rings. The van der Waals surface area contributed by atoms with Crippen LogP contribution in [0.3, 0.4) is 0 Å². The monoisotopic (exact) mass is 340 g/mol. The molecule has 126 valence electrons. The predicted molar refractivity (Wildman–Crippen MR) is 86.2 cm³/mol. The second-order valence-electron chi connectivity index (χ2n) is 4.73. The second-order valence-corrected chi connectivity index (χ2v) is 6.50. The lowest BCUT2D eigenvalue weighted by Gasteiger charge is -2.05. The molecule has 0 aromatic heterocycles. The fraction of sp³-hybridized carbons (Fsp3) is 0.333. The molecule has 1 rings (SSSR count). The van der Waals surface area contributed by atoms with Crippen LogP contribution >= 0.6 is 0 Å². The Balaban J connectivity index is 2.61. The van der Waals surface area contributed by atoms with Gasteiger partial charge in [-0.05, 0) is 30.2 Å². The molecule has 7 nitrogen and oxygen atoms in total. The van der Waals surface area contributed by atoms with E-state index in [1.54, 1.807) is 12.1 Å². The number of amides is 1. The Kier molecular flexibility index (Phi) is 7.43. The van der Waals surface area contributed by atoms with Crippen molar-refractivity contribution >= 4 is 28.0 Å². The minimum atomic E-state index is -3.50. The number of carboxylic acid groups (broad SMARTS) is 1. The highest BCUT2D eigenvalue weighted by molar-refractivity contribution is 7.89. The van der Waals surface area contributed by atoms with Crippen LogP contribution in [-0.2, 0) is 19.6 Å². The summed E-state index contributed by atoms with van der Waals surface area (Å²) in [6.45, 7) is 2.30. The van der Waals surface area contributed by atoms with Crippen LogP contribution in [0.2, 0.25) is 0 Å². The van der Waals surface area contributed by atoms with Crippen LogP contribution < -0.4 is 10.0 Å². The molecular formula is C15H20N2O5S. The number of carbonyl (C=O) groups excluding carboxylic acids is 1. The van der Waals surface area contributed by atoms with E-state index in [1.165, 1.54) is 24.3 Å². The lowest BCUT2D eigenvalue weighted by molar-refractivity contribution is -0.136. The van der Waals surface area contributed by atoms with Gasteiger partial charge in [0.1, 0.15) is 0 Å². The van der Waals surface area contributed by atoms with E-state index in [0.29, 0.717) is 18.5 Å². The lowest BCUT2D eigenvalue weighted by Crippen LogP contribution is -2.24. The molecule has 0 saturated carbocycles. The van der Waals surface area contributed by atoms with Crippen molar-refractivity contribution in [3.63, 3.8) is 0 Å². The van der Waals surface area contributed by atoms with Crippen LogP contribution in [0, 0.1) is 0 Å². The molecular weight excluding hydrogens is 320 g/mol. The Morgan fingerprint density at radius 3 is 2.39 bits per heavy atom. The summed E-state index contributed by atoms with van der Waals surface area (Å²) in [5, 5.41) is 10.9. The quantitative estimate of drug-likeness (QED) is 0.580. The average molecular weight is 340 g/mol. The van der Waals surface area contributed by atoms with Crippen molar-refractivity contribution < 1.29 is 23.1 Å². The van der Waals surface area contributed by atoms with Gasteiger partial charge in [-0.2, -0.15) is 0 Å². The zero-order valence-corrected chi connectivity index (χ0v) is 13.6. The molecule has 0 unspecified atom stereocenters. The van der Waals surface area contributed by atoms with Crippen molar-refractivity contribution in [1.29, 1.82) is 0 Å². The first-order chi connectivity index (χ1) is 10.8. The van der Waals surface area contributed by atoms with E-state index in [1.807, 2.05) is 6.92 Å². The molecule has 0 saturated heterocycles. The minimum absolute atomic E-state index is 0.0544. The third-order valence-corrected chi connectivity index (χ3v) is 4.27. The molecule has 0 heterocycles. The normalized spacial score (nSPS) is 11.5. The number of carbonyl (C=O) groups is 2. The van der Waals surface area contributed by atoms with Gasteiger partial charge < -0.3 is 10.4 Å². The van der Waals surface area contributed by atoms with Gasteiger partial charge in [-0.1, -0.05) is 19.1 Å². The molecule has 0 aliphatic heterocycles. The Morgan fingerprint density at radius 1 is 1.17 bits per heavy atom. The number of benzene rings is 1. The topological polar surface area (TPSA) is 113 Å². The zero-order valence-electron chi connectivity index (χ0n) is 12.8. The molecule has 1 aromatic carbocycles. The molecule has 0 spiro atoms. The maximum atomic E-state index is 11.9. The highest BCUT2D eigenvalue weighted by Gasteiger charge is 2.11. The van der Waals surface area contributed by atoms with Gasteiger partial charge in [-0.25, -0.2) is 13.1 Å². The van der Waals surface area contributed by atoms with Crippen molar-refractivity contribution in [2.24, 2.45) is 0 Å². The number of aliphatic carboxylic acids is 1. The van der Waals surface area contributed by atoms with E-state index >= 15 is 0 Å². The highest BCUT2D eigenvalue weighted by atomic mass is 32.2. The molecule has 23 heavy (non-hydrogen) atoms. The van der Waals surface area contributed by atoms with Gasteiger partial charge in [-0.3, -0.25) is 9.59 Å². The predicted octanol–water partition coefficient (Wildman–Crippen LogP) is 0.979. The van der Waals surface area contributed by atoms with Crippen LogP contribution in [0.25, 0.3) is 6.08 Å². The summed E-state index contributed by atoms with van der Waals surface area (Å²) >= 11 is 0. The van der Waals surface area contributed by atoms with Gasteiger partial charge >= 0.3 is 5.97 Å². The Hall–Kier alpha value is -2.19. The van der Waals surface area contributed by atoms with Crippen LogP contribution in [0.1, 0.15) is 25.3 Å². The Morgan fingerprint density at radius 2 is 1.83 bits per heavy atom. The van der Waals surface area contributed by atoms with E-state index in [-0.39, 0.29) is 17.9 Å². The van der Waals surface area contributed by atoms with E-state index in [4.69, 9.17) is 5.11 Å². The van der Waals surface area contributed by atoms with Crippen molar-refractivity contribution in [2.45, 2.75) is 24.7 Å². The van der Waals surface area contributed by atoms with Crippen molar-refractivity contribution in [3.05, 3.63) is 35.9 Å². The molecule has 3 N–H and O–H groups in total. The minimum Gasteiger partial charge on any atom is -0.481 e. The van der Waals surface area contributed by atoms with Gasteiger partial charge in [0.25, 0.3) is 0 Å². The van der Waals surface area contributed by atoms with Gasteiger partial charge in [0, 0.05) is 19.2 Å². The fourth-order valence-corrected chi connectivity index (χ4v) is 2.74. The van der Waals surface area contributed by atoms with Crippen molar-refractivity contribution in [2.75, 3.05) is 13.1 Å². The van der Waals surface area contributed by atoms with Crippen LogP contribution in [0.15, 0.2) is 35.2 Å². The van der Waals surface area contributed by atoms with Crippen molar-refractivity contribution in [3.8, 4) is 0 Å². The Labute approximate surface area is 135 Å². The number of hydrogen-bond donors (Lipinski definition) is 3. The van der Waals surface area contributed by atoms with Gasteiger partial charge in [-0.15, -0.1) is 0 Å². The van der Waals surface area contributed by atoms with E-state index in [2.05, 4.69) is 10.0 Å². The third kappa shape index (κ3) is 7.07. The molecule has 1 amide bonds. The largest absolute Gasteiger partial charge is 0.481 e. The number of hydrogen-bond acceptors (Lipinski definition) is 4. The first-order valence-electron chi connectivity index (χ1n) is 7.12. The molecule has 8 heteroatoms. The summed E-state index contributed by atoms with van der Waals surface area (Å²) in [6, 6.07) is 6.09. The smallest absolute Gasteiger partial charge is 0.305 e. The standard InChI is InChI=1S/C15H20N2O5S/c1-2-10-17-23(21,22)13-6-3-12(4-7-13)5-8-14(18)16-11-9-15(19)20/h3-8,17H,2,9-11H2,1H3,(H,16,18)(H,19,20). The highest BCUT2D eigenvalue weighted by Crippen LogP contribution is 2.11. The Bertz CT molecular complexity index is 666. The van der Waals surface area contributed by atoms with Crippen LogP contribution in [-0.4, -0.2) is 38.5 Å². The molecule has 0 atom stereocenters. The van der Waals surface area contributed by atoms with E-state index in [9.17, 15) is 18.0 Å². The number of sulfonamides is 1. The first-order valence-corrected chi connectivity index (χ1v) is 8.61. The number of rotatable bonds is 9. The summed E-state index contributed by atoms with van der Waals surface area (Å²) in [5.41, 5.74) is 0.660. The fourth-order valence-electron chi connectivity index (χ4n) is 1.60. The maximum Gasteiger partial charge on any atom is 0.305 e. The van der Waals surface area contributed by atoms with Gasteiger partial charge in [0.15, 0.2) is 0 Å². The molecule has 0 aliphatic rings. The van der Waals surface area contributed by atoms with Gasteiger partial charge in [0.2, 0.25) is 15.9 Å². The summed E-state index contributed by atoms with van der Waals surface area (Å²) in [6.07, 6.45) is 3.35. The number of nitrogens with one attached hydrogen (secondary N) is 2. The summed E-state index contributed by atoms with van der Waals surface area (Å²) in [5.74, 6) is -1.39. The zero-order chi connectivity index (χ0) is 17.3. The third-order valence-electron chi connectivity index (χ3n) is 2.80. The van der Waals surface area contributed by atoms with Crippen LogP contribution in [0.4, 0.5) is 0 Å². The van der Waals surface area contributed by atoms with E-state index in [0.717, 1.165) is 0 Å². The van der Waals surface area contributed by atoms with E-state index < -0.39 is 21.9 Å². The summed E-state index contributed by atoms with van der Waals surface area (Å²) in [7, 11) is -3.50. The summed E-state index contributed by atoms with van der Waals surface area (Å²) in [4.78, 5) is 21.9. The van der Waals surface area contributed by atoms with Crippen molar-refractivity contribution in [1.82, 2.24) is 10.0 Å². The maximum absolute atomic E-state index is 11.9. The molecule has 0 radical (unpaired) electrons. The molecule has 0 bridgehead atoms. The van der Waals surface area contributed by atoms with Gasteiger partial charge in [0.05, 0.1) is 11.3 Å². The lowest BCUT2D eigenvalue weighted by atomic mass is 10.2. The molecule has 1 aromatic rings. The SMILES string of the molecule is CCCNS(=O)(=O)c1ccc(C=CC(=O)NCCC(=O)O)cc1. The molecule has 0 aliphatic carbocycles. The summed E-state index contributed by atoms with van der Waals surface area (Å²) < 4.78 is 26.3.